The van der Waals surface area contributed by atoms with Crippen LogP contribution in [0.4, 0.5) is 5.69 Å². The van der Waals surface area contributed by atoms with E-state index in [4.69, 9.17) is 9.83 Å². The van der Waals surface area contributed by atoms with Crippen molar-refractivity contribution in [1.29, 1.82) is 5.41 Å². The minimum absolute atomic E-state index is 0.459. The van der Waals surface area contributed by atoms with Crippen molar-refractivity contribution in [2.45, 2.75) is 20.8 Å². The Morgan fingerprint density at radius 1 is 0.889 bits per heavy atom. The lowest BCUT2D eigenvalue weighted by Gasteiger charge is -2.22. The third-order valence-corrected chi connectivity index (χ3v) is 5.25. The zero-order chi connectivity index (χ0) is 19.0. The quantitative estimate of drug-likeness (QED) is 0.467. The molecule has 0 radical (unpaired) electrons. The number of fused-ring (bicyclic) bond motifs is 2. The van der Waals surface area contributed by atoms with Crippen LogP contribution in [0.1, 0.15) is 19.4 Å². The van der Waals surface area contributed by atoms with E-state index in [1.807, 2.05) is 12.1 Å². The van der Waals surface area contributed by atoms with Crippen LogP contribution in [0.25, 0.3) is 33.4 Å². The fourth-order valence-electron chi connectivity index (χ4n) is 3.81. The molecule has 0 amide bonds. The van der Waals surface area contributed by atoms with Gasteiger partial charge in [0.2, 0.25) is 0 Å². The molecule has 0 spiro atoms. The topological polar surface area (TPSA) is 40.2 Å². The molecule has 1 aliphatic heterocycles. The molecule has 0 fully saturated rings. The van der Waals surface area contributed by atoms with Gasteiger partial charge in [0.25, 0.3) is 0 Å². The van der Waals surface area contributed by atoms with Gasteiger partial charge in [-0.15, -0.1) is 0 Å². The van der Waals surface area contributed by atoms with E-state index in [0.717, 1.165) is 41.1 Å². The largest absolute Gasteiger partial charge is 0.456 e. The van der Waals surface area contributed by atoms with Gasteiger partial charge in [0.1, 0.15) is 11.3 Å². The molecular formula is C24H24N2O. The Bertz CT molecular complexity index is 1140. The van der Waals surface area contributed by atoms with Crippen molar-refractivity contribution in [3.63, 3.8) is 0 Å². The summed E-state index contributed by atoms with van der Waals surface area (Å²) >= 11 is 0. The zero-order valence-electron chi connectivity index (χ0n) is 16.0. The van der Waals surface area contributed by atoms with Crippen LogP contribution in [0.3, 0.4) is 0 Å². The molecule has 3 nitrogen and oxygen atoms in total. The second-order valence-electron chi connectivity index (χ2n) is 6.86. The predicted molar refractivity (Wildman–Crippen MR) is 112 cm³/mol. The number of hydrogen-bond donors (Lipinski definition) is 1. The fourth-order valence-corrected chi connectivity index (χ4v) is 3.81. The van der Waals surface area contributed by atoms with Crippen LogP contribution < -0.4 is 10.3 Å². The van der Waals surface area contributed by atoms with Crippen LogP contribution in [0, 0.1) is 12.3 Å². The number of nitrogens with zero attached hydrogens (tertiary/aromatic N) is 1. The molecule has 0 saturated heterocycles. The Morgan fingerprint density at radius 2 is 1.67 bits per heavy atom. The van der Waals surface area contributed by atoms with E-state index >= 15 is 0 Å². The number of aryl methyl sites for hydroxylation is 1. The molecule has 2 aromatic rings. The highest BCUT2D eigenvalue weighted by atomic mass is 16.3. The van der Waals surface area contributed by atoms with Crippen molar-refractivity contribution < 1.29 is 4.42 Å². The summed E-state index contributed by atoms with van der Waals surface area (Å²) in [4.78, 5) is 2.31. The molecule has 0 atom stereocenters. The highest BCUT2D eigenvalue weighted by Gasteiger charge is 2.18. The van der Waals surface area contributed by atoms with Gasteiger partial charge in [0.05, 0.1) is 5.36 Å². The van der Waals surface area contributed by atoms with Gasteiger partial charge in [0, 0.05) is 47.4 Å². The smallest absolute Gasteiger partial charge is 0.137 e. The lowest BCUT2D eigenvalue weighted by atomic mass is 9.91. The summed E-state index contributed by atoms with van der Waals surface area (Å²) in [7, 11) is 0. The van der Waals surface area contributed by atoms with Gasteiger partial charge in [-0.1, -0.05) is 24.3 Å². The van der Waals surface area contributed by atoms with Crippen LogP contribution in [0.15, 0.2) is 65.1 Å². The van der Waals surface area contributed by atoms with Gasteiger partial charge in [-0.25, -0.2) is 0 Å². The Balaban J connectivity index is 2.10. The molecule has 2 aromatic carbocycles. The van der Waals surface area contributed by atoms with Crippen molar-refractivity contribution in [2.75, 3.05) is 18.0 Å². The van der Waals surface area contributed by atoms with E-state index in [2.05, 4.69) is 68.1 Å². The highest BCUT2D eigenvalue weighted by Crippen LogP contribution is 2.41. The minimum Gasteiger partial charge on any atom is -0.456 e. The fraction of sp³-hybridized carbons (Fsp3) is 0.208. The molecule has 1 N–H and O–H groups in total. The maximum Gasteiger partial charge on any atom is 0.137 e. The molecule has 0 saturated carbocycles. The first-order chi connectivity index (χ1) is 13.1. The van der Waals surface area contributed by atoms with Crippen molar-refractivity contribution in [3.05, 3.63) is 71.6 Å². The lowest BCUT2D eigenvalue weighted by molar-refractivity contribution is 0.618. The summed E-state index contributed by atoms with van der Waals surface area (Å²) in [5.74, 6) is 0.755. The number of anilines is 1. The normalized spacial score (nSPS) is 11.2. The second kappa shape index (κ2) is 6.92. The van der Waals surface area contributed by atoms with Gasteiger partial charge < -0.3 is 14.7 Å². The SMILES string of the molecule is CCN(CC)c1ccc2c(-c3ccccc3C)c3ccc(=N)cc-3oc2c1. The van der Waals surface area contributed by atoms with E-state index in [1.54, 1.807) is 6.07 Å². The first kappa shape index (κ1) is 17.3. The molecule has 1 heterocycles. The van der Waals surface area contributed by atoms with Crippen LogP contribution in [0.2, 0.25) is 0 Å². The third-order valence-electron chi connectivity index (χ3n) is 5.25. The van der Waals surface area contributed by atoms with E-state index in [-0.39, 0.29) is 0 Å². The predicted octanol–water partition coefficient (Wildman–Crippen LogP) is 5.84. The van der Waals surface area contributed by atoms with E-state index < -0.39 is 0 Å². The zero-order valence-corrected chi connectivity index (χ0v) is 16.0. The van der Waals surface area contributed by atoms with Crippen LogP contribution in [-0.2, 0) is 0 Å². The van der Waals surface area contributed by atoms with Crippen molar-refractivity contribution in [3.8, 4) is 22.5 Å². The Hall–Kier alpha value is -3.07. The second-order valence-corrected chi connectivity index (χ2v) is 6.86. The molecule has 4 rings (SSSR count). The number of nitrogens with one attached hydrogen (secondary N) is 1. The summed E-state index contributed by atoms with van der Waals surface area (Å²) in [6, 6.07) is 20.6. The molecule has 136 valence electrons. The van der Waals surface area contributed by atoms with E-state index in [1.165, 1.54) is 16.7 Å². The summed E-state index contributed by atoms with van der Waals surface area (Å²) in [6.45, 7) is 8.38. The summed E-state index contributed by atoms with van der Waals surface area (Å²) < 4.78 is 6.26. The van der Waals surface area contributed by atoms with Gasteiger partial charge in [-0.2, -0.15) is 0 Å². The van der Waals surface area contributed by atoms with Crippen molar-refractivity contribution >= 4 is 16.7 Å². The third kappa shape index (κ3) is 2.99. The Labute approximate surface area is 159 Å². The maximum atomic E-state index is 8.00. The molecular weight excluding hydrogens is 332 g/mol. The monoisotopic (exact) mass is 356 g/mol. The Kier molecular flexibility index (Phi) is 4.44. The van der Waals surface area contributed by atoms with Crippen LogP contribution >= 0.6 is 0 Å². The van der Waals surface area contributed by atoms with E-state index in [0.29, 0.717) is 5.36 Å². The number of rotatable bonds is 4. The molecule has 0 aromatic heterocycles. The van der Waals surface area contributed by atoms with Crippen LogP contribution in [0.5, 0.6) is 0 Å². The van der Waals surface area contributed by atoms with Gasteiger partial charge in [0.15, 0.2) is 0 Å². The standard InChI is InChI=1S/C24H24N2O/c1-4-26(5-2)18-11-13-21-23(15-18)27-22-14-17(25)10-12-20(22)24(21)19-9-7-6-8-16(19)3/h6-15,25H,4-5H2,1-3H3. The Morgan fingerprint density at radius 3 is 2.41 bits per heavy atom. The lowest BCUT2D eigenvalue weighted by Crippen LogP contribution is -2.21. The average Bonchev–Trinajstić information content (AvgIpc) is 2.67. The molecule has 2 aliphatic rings. The average molecular weight is 356 g/mol. The summed E-state index contributed by atoms with van der Waals surface area (Å²) in [6.07, 6.45) is 0. The van der Waals surface area contributed by atoms with Crippen LogP contribution in [-0.4, -0.2) is 13.1 Å². The number of benzene rings is 3. The molecule has 1 aliphatic carbocycles. The first-order valence-corrected chi connectivity index (χ1v) is 9.48. The van der Waals surface area contributed by atoms with Gasteiger partial charge in [-0.3, -0.25) is 0 Å². The molecule has 0 bridgehead atoms. The number of hydrogen-bond acceptors (Lipinski definition) is 3. The highest BCUT2D eigenvalue weighted by molar-refractivity contribution is 6.03. The molecule has 0 unspecified atom stereocenters. The van der Waals surface area contributed by atoms with Gasteiger partial charge in [-0.05, 0) is 56.2 Å². The van der Waals surface area contributed by atoms with E-state index in [9.17, 15) is 0 Å². The van der Waals surface area contributed by atoms with Gasteiger partial charge >= 0.3 is 0 Å². The van der Waals surface area contributed by atoms with Crippen molar-refractivity contribution in [1.82, 2.24) is 0 Å². The summed E-state index contributed by atoms with van der Waals surface area (Å²) in [5.41, 5.74) is 6.67. The maximum absolute atomic E-state index is 8.00. The molecule has 27 heavy (non-hydrogen) atoms. The summed E-state index contributed by atoms with van der Waals surface area (Å²) in [5, 5.41) is 9.57. The molecule has 3 heteroatoms. The van der Waals surface area contributed by atoms with Crippen molar-refractivity contribution in [2.24, 2.45) is 0 Å². The first-order valence-electron chi connectivity index (χ1n) is 9.48. The minimum atomic E-state index is 0.459.